The Morgan fingerprint density at radius 3 is 2.06 bits per heavy atom. The van der Waals surface area contributed by atoms with Crippen LogP contribution < -0.4 is 9.80 Å². The maximum Gasteiger partial charge on any atom is 0.266 e. The number of amides is 3. The Labute approximate surface area is 185 Å². The number of hydrogen-bond acceptors (Lipinski definition) is 6. The summed E-state index contributed by atoms with van der Waals surface area (Å²) >= 11 is 0. The lowest BCUT2D eigenvalue weighted by atomic mass is 10.1. The third-order valence-corrected chi connectivity index (χ3v) is 5.85. The number of imide groups is 1. The van der Waals surface area contributed by atoms with Gasteiger partial charge in [0.05, 0.1) is 16.8 Å². The van der Waals surface area contributed by atoms with Crippen molar-refractivity contribution in [3.05, 3.63) is 83.3 Å². The molecular weight excluding hydrogens is 406 g/mol. The first kappa shape index (κ1) is 19.9. The molecule has 0 radical (unpaired) electrons. The van der Waals surface area contributed by atoms with Crippen molar-refractivity contribution in [3.8, 4) is 0 Å². The molecule has 2 aliphatic rings. The predicted molar refractivity (Wildman–Crippen MR) is 119 cm³/mol. The predicted octanol–water partition coefficient (Wildman–Crippen LogP) is 2.55. The van der Waals surface area contributed by atoms with Gasteiger partial charge < -0.3 is 9.80 Å². The van der Waals surface area contributed by atoms with E-state index in [2.05, 4.69) is 14.9 Å². The van der Waals surface area contributed by atoms with Gasteiger partial charge in [-0.2, -0.15) is 0 Å². The van der Waals surface area contributed by atoms with Gasteiger partial charge in [0.2, 0.25) is 0 Å². The van der Waals surface area contributed by atoms with E-state index in [1.807, 2.05) is 17.9 Å². The van der Waals surface area contributed by atoms with Crippen molar-refractivity contribution in [2.24, 2.45) is 0 Å². The molecule has 32 heavy (non-hydrogen) atoms. The van der Waals surface area contributed by atoms with Gasteiger partial charge in [-0.25, -0.2) is 14.9 Å². The number of hydrogen-bond donors (Lipinski definition) is 0. The number of carbonyl (C=O) groups is 3. The smallest absolute Gasteiger partial charge is 0.266 e. The summed E-state index contributed by atoms with van der Waals surface area (Å²) in [5, 5.41) is 0. The molecule has 1 saturated heterocycles. The van der Waals surface area contributed by atoms with Crippen molar-refractivity contribution in [1.29, 1.82) is 0 Å². The van der Waals surface area contributed by atoms with Gasteiger partial charge in [-0.05, 0) is 43.3 Å². The van der Waals surface area contributed by atoms with E-state index < -0.39 is 0 Å². The molecule has 1 aromatic heterocycles. The third kappa shape index (κ3) is 3.39. The molecule has 0 bridgehead atoms. The van der Waals surface area contributed by atoms with Crippen LogP contribution in [0.1, 0.15) is 36.8 Å². The minimum absolute atomic E-state index is 0.0718. The molecular formula is C24H21N5O3. The highest BCUT2D eigenvalue weighted by Crippen LogP contribution is 2.28. The molecule has 0 saturated carbocycles. The molecule has 8 nitrogen and oxygen atoms in total. The molecule has 3 heterocycles. The number of anilines is 2. The molecule has 1 fully saturated rings. The van der Waals surface area contributed by atoms with Crippen molar-refractivity contribution >= 4 is 29.2 Å². The number of fused-ring (bicyclic) bond motifs is 1. The average molecular weight is 427 g/mol. The minimum atomic E-state index is -0.347. The Balaban J connectivity index is 1.27. The summed E-state index contributed by atoms with van der Waals surface area (Å²) in [7, 11) is 0. The number of carbonyl (C=O) groups excluding carboxylic acids is 3. The van der Waals surface area contributed by atoms with Crippen LogP contribution in [0.4, 0.5) is 11.5 Å². The molecule has 0 unspecified atom stereocenters. The van der Waals surface area contributed by atoms with Gasteiger partial charge in [0.1, 0.15) is 12.1 Å². The van der Waals surface area contributed by atoms with Crippen LogP contribution in [0, 0.1) is 6.92 Å². The van der Waals surface area contributed by atoms with Crippen LogP contribution in [-0.4, -0.2) is 58.8 Å². The van der Waals surface area contributed by atoms with Crippen molar-refractivity contribution in [1.82, 2.24) is 14.9 Å². The summed E-state index contributed by atoms with van der Waals surface area (Å²) in [4.78, 5) is 51.8. The molecule has 160 valence electrons. The number of aryl methyl sites for hydroxylation is 1. The first-order valence-corrected chi connectivity index (χ1v) is 10.4. The summed E-state index contributed by atoms with van der Waals surface area (Å²) in [5.74, 6) is 0.105. The maximum atomic E-state index is 13.0. The molecule has 2 aromatic carbocycles. The average Bonchev–Trinajstić information content (AvgIpc) is 3.09. The Kier molecular flexibility index (Phi) is 4.89. The molecule has 3 amide bonds. The van der Waals surface area contributed by atoms with E-state index in [1.165, 1.54) is 0 Å². The van der Waals surface area contributed by atoms with E-state index in [-0.39, 0.29) is 17.7 Å². The first-order valence-electron chi connectivity index (χ1n) is 10.4. The second-order valence-corrected chi connectivity index (χ2v) is 7.84. The van der Waals surface area contributed by atoms with Crippen LogP contribution in [0.5, 0.6) is 0 Å². The van der Waals surface area contributed by atoms with Crippen LogP contribution >= 0.6 is 0 Å². The molecule has 5 rings (SSSR count). The zero-order chi connectivity index (χ0) is 22.2. The molecule has 0 atom stereocenters. The van der Waals surface area contributed by atoms with Gasteiger partial charge in [-0.1, -0.05) is 12.1 Å². The molecule has 3 aromatic rings. The lowest BCUT2D eigenvalue weighted by molar-refractivity contribution is 0.0746. The lowest BCUT2D eigenvalue weighted by Crippen LogP contribution is -2.49. The summed E-state index contributed by atoms with van der Waals surface area (Å²) in [5.41, 5.74) is 2.68. The quantitative estimate of drug-likeness (QED) is 0.597. The Morgan fingerprint density at radius 2 is 1.47 bits per heavy atom. The van der Waals surface area contributed by atoms with Crippen LogP contribution in [0.15, 0.2) is 60.9 Å². The van der Waals surface area contributed by atoms with Gasteiger partial charge in [0.15, 0.2) is 0 Å². The monoisotopic (exact) mass is 427 g/mol. The number of piperazine rings is 1. The summed E-state index contributed by atoms with van der Waals surface area (Å²) in [6, 6.07) is 15.3. The summed E-state index contributed by atoms with van der Waals surface area (Å²) in [6.07, 6.45) is 1.55. The maximum absolute atomic E-state index is 13.0. The molecule has 0 spiro atoms. The SMILES string of the molecule is Cc1cc(N2CCN(C(=O)c3ccc(N4C(=O)c5ccccc5C4=O)cc3)CC2)ncn1. The highest BCUT2D eigenvalue weighted by Gasteiger charge is 2.36. The van der Waals surface area contributed by atoms with Crippen LogP contribution in [-0.2, 0) is 0 Å². The normalized spacial score (nSPS) is 15.8. The first-order chi connectivity index (χ1) is 15.5. The van der Waals surface area contributed by atoms with E-state index in [1.54, 1.807) is 54.9 Å². The van der Waals surface area contributed by atoms with Crippen molar-refractivity contribution < 1.29 is 14.4 Å². The van der Waals surface area contributed by atoms with Crippen LogP contribution in [0.2, 0.25) is 0 Å². The van der Waals surface area contributed by atoms with Gasteiger partial charge in [-0.15, -0.1) is 0 Å². The third-order valence-electron chi connectivity index (χ3n) is 5.85. The van der Waals surface area contributed by atoms with E-state index in [9.17, 15) is 14.4 Å². The highest BCUT2D eigenvalue weighted by molar-refractivity contribution is 6.34. The minimum Gasteiger partial charge on any atom is -0.353 e. The van der Waals surface area contributed by atoms with Crippen LogP contribution in [0.3, 0.4) is 0 Å². The van der Waals surface area contributed by atoms with Gasteiger partial charge in [0.25, 0.3) is 17.7 Å². The molecule has 2 aliphatic heterocycles. The summed E-state index contributed by atoms with van der Waals surface area (Å²) < 4.78 is 0. The number of aromatic nitrogens is 2. The fourth-order valence-corrected chi connectivity index (χ4v) is 4.11. The van der Waals surface area contributed by atoms with Gasteiger partial charge >= 0.3 is 0 Å². The van der Waals surface area contributed by atoms with Crippen molar-refractivity contribution in [3.63, 3.8) is 0 Å². The highest BCUT2D eigenvalue weighted by atomic mass is 16.2. The Bertz CT molecular complexity index is 1180. The molecule has 8 heteroatoms. The van der Waals surface area contributed by atoms with Gasteiger partial charge in [-0.3, -0.25) is 14.4 Å². The van der Waals surface area contributed by atoms with Crippen molar-refractivity contribution in [2.45, 2.75) is 6.92 Å². The number of benzene rings is 2. The van der Waals surface area contributed by atoms with E-state index in [0.717, 1.165) is 16.4 Å². The molecule has 0 N–H and O–H groups in total. The Morgan fingerprint density at radius 1 is 0.844 bits per heavy atom. The fourth-order valence-electron chi connectivity index (χ4n) is 4.11. The van der Waals surface area contributed by atoms with E-state index in [4.69, 9.17) is 0 Å². The fraction of sp³-hybridized carbons (Fsp3) is 0.208. The van der Waals surface area contributed by atoms with E-state index >= 15 is 0 Å². The second kappa shape index (κ2) is 7.88. The molecule has 0 aliphatic carbocycles. The number of nitrogens with zero attached hydrogens (tertiary/aromatic N) is 5. The largest absolute Gasteiger partial charge is 0.353 e. The Hall–Kier alpha value is -4.07. The van der Waals surface area contributed by atoms with E-state index in [0.29, 0.717) is 48.6 Å². The zero-order valence-electron chi connectivity index (χ0n) is 17.6. The zero-order valence-corrected chi connectivity index (χ0v) is 17.6. The standard InChI is InChI=1S/C24H21N5O3/c1-16-14-21(26-15-25-16)27-10-12-28(13-11-27)22(30)17-6-8-18(9-7-17)29-23(31)19-4-2-3-5-20(19)24(29)32/h2-9,14-15H,10-13H2,1H3. The lowest BCUT2D eigenvalue weighted by Gasteiger charge is -2.35. The van der Waals surface area contributed by atoms with Gasteiger partial charge in [0, 0.05) is 43.5 Å². The topological polar surface area (TPSA) is 86.7 Å². The second-order valence-electron chi connectivity index (χ2n) is 7.84. The summed E-state index contributed by atoms with van der Waals surface area (Å²) in [6.45, 7) is 4.48. The van der Waals surface area contributed by atoms with Crippen LogP contribution in [0.25, 0.3) is 0 Å². The van der Waals surface area contributed by atoms with Crippen molar-refractivity contribution in [2.75, 3.05) is 36.0 Å². The number of rotatable bonds is 3.